The van der Waals surface area contributed by atoms with E-state index in [1.165, 1.54) is 127 Å². The van der Waals surface area contributed by atoms with E-state index in [2.05, 4.69) is 85.3 Å². The number of rotatable bonds is 45. The molecular formula is C81H109FN20O19. The van der Waals surface area contributed by atoms with Crippen molar-refractivity contribution in [1.29, 1.82) is 0 Å². The van der Waals surface area contributed by atoms with Gasteiger partial charge in [-0.25, -0.2) is 14.1 Å². The van der Waals surface area contributed by atoms with E-state index in [4.69, 9.17) is 5.73 Å². The highest BCUT2D eigenvalue weighted by molar-refractivity contribution is 6.00. The number of hydrogen-bond donors (Lipinski definition) is 17. The third kappa shape index (κ3) is 29.3. The topological polar surface area (TPSA) is 564 Å². The second kappa shape index (κ2) is 45.6. The molecule has 0 saturated heterocycles. The van der Waals surface area contributed by atoms with Gasteiger partial charge in [0.05, 0.1) is 32.0 Å². The van der Waals surface area contributed by atoms with Crippen LogP contribution in [0.25, 0.3) is 11.0 Å². The molecule has 121 heavy (non-hydrogen) atoms. The van der Waals surface area contributed by atoms with Crippen LogP contribution in [-0.2, 0) is 111 Å². The van der Waals surface area contributed by atoms with Crippen LogP contribution in [0.4, 0.5) is 4.39 Å². The highest BCUT2D eigenvalue weighted by Crippen LogP contribution is 2.23. The highest BCUT2D eigenvalue weighted by atomic mass is 19.1. The number of halogens is 1. The van der Waals surface area contributed by atoms with Crippen molar-refractivity contribution in [3.63, 3.8) is 0 Å². The number of aryl methyl sites for hydroxylation is 1. The summed E-state index contributed by atoms with van der Waals surface area (Å²) in [6.45, 7) is 12.3. The molecule has 40 heteroatoms. The summed E-state index contributed by atoms with van der Waals surface area (Å²) in [7, 11) is 3.70. The van der Waals surface area contributed by atoms with E-state index in [9.17, 15) is 87.1 Å². The lowest BCUT2D eigenvalue weighted by atomic mass is 9.85. The molecule has 0 radical (unpaired) electrons. The van der Waals surface area contributed by atoms with Gasteiger partial charge in [-0.05, 0) is 122 Å². The Morgan fingerprint density at radius 1 is 0.595 bits per heavy atom. The summed E-state index contributed by atoms with van der Waals surface area (Å²) >= 11 is 0. The Hall–Kier alpha value is -13.3. The van der Waals surface area contributed by atoms with Gasteiger partial charge in [0.25, 0.3) is 0 Å². The van der Waals surface area contributed by atoms with E-state index in [0.29, 0.717) is 51.8 Å². The SMILES string of the molecule is C=CC(=O)NCCCc1cn(C[C@H](NC(=O)[C@H](C)NC(=O)[C@@H](NC(=O)[C@H](Cc2ccc(O)cc2)NC(=O)[C@H](CO)NC(=O)[C@H](CCC)NC(C)=O)C(C)(C)C)C(=O)N(C)[C@@H](C)C(=O)N[C@@H](C)C(=O)N[C@@H](Cc2c[nH]c3ncccc23)C(=O)N[C@@H](Cc2ccc(O)cc2)C(=O)N(C)[C@@H](Cc2ccc(F)cc2)C(=O)N(C)CC(=O)N[C@@H](CO)C(N)=O)nn1. The number of hydrogen-bond acceptors (Lipinski definition) is 22. The summed E-state index contributed by atoms with van der Waals surface area (Å²) in [5, 5.41) is 77.3. The Balaban J connectivity index is 1.25. The number of aliphatic hydroxyl groups excluding tert-OH is 2. The molecule has 0 fully saturated rings. The Kier molecular flexibility index (Phi) is 36.4. The van der Waals surface area contributed by atoms with Gasteiger partial charge in [-0.1, -0.05) is 82.3 Å². The second-order valence-corrected chi connectivity index (χ2v) is 30.3. The summed E-state index contributed by atoms with van der Waals surface area (Å²) in [5.41, 5.74) is 6.52. The maximum Gasteiger partial charge on any atom is 0.247 e. The third-order valence-corrected chi connectivity index (χ3v) is 19.6. The van der Waals surface area contributed by atoms with Crippen molar-refractivity contribution in [3.05, 3.63) is 150 Å². The highest BCUT2D eigenvalue weighted by Gasteiger charge is 2.41. The van der Waals surface area contributed by atoms with Crippen molar-refractivity contribution in [3.8, 4) is 11.5 Å². The number of pyridine rings is 1. The molecule has 39 nitrogen and oxygen atoms in total. The van der Waals surface area contributed by atoms with Crippen LogP contribution >= 0.6 is 0 Å². The van der Waals surface area contributed by atoms with Crippen LogP contribution in [0.2, 0.25) is 0 Å². The standard InChI is InChI=1S/C81H109FN20O19/c1-13-17-57(89-47(6)105)73(114)95-63(43-104)76(117)92-58(34-48-22-28-54(106)29-23-48)75(116)96-67(81(7,8)9)77(118)88-45(4)71(112)94-61(40-102-39-53(97-98-102)18-15-32-84-65(108)14-2)79(120)100(11)46(5)72(113)87-44(3)70(111)91-59(37-51-38-86-69-56(51)19-16-33-85-69)74(115)93-60(35-49-24-30-55(107)31-25-49)78(119)101(12)64(36-50-20-26-52(82)27-21-50)80(121)99(10)41-66(109)90-62(42-103)68(83)110/h14,16,19-31,33,38-39,44-46,57-64,67,103-104,106-107H,2,13,15,17-18,32,34-37,40-43H2,1,3-12H3,(H2,83,110)(H,84,108)(H,85,86)(H,87,113)(H,88,118)(H,89,105)(H,90,109)(H,91,111)(H,92,117)(H,93,115)(H,94,112)(H,95,114)(H,96,116)/t44-,45-,46-,57-,58-,59-,60-,61-,62-,63-,64-,67+/m0/s1. The summed E-state index contributed by atoms with van der Waals surface area (Å²) in [4.78, 5) is 219. The first-order valence-corrected chi connectivity index (χ1v) is 38.9. The second-order valence-electron chi connectivity index (χ2n) is 30.3. The zero-order valence-electron chi connectivity index (χ0n) is 69.2. The fourth-order valence-corrected chi connectivity index (χ4v) is 12.6. The van der Waals surface area contributed by atoms with E-state index < -0.39 is 199 Å². The van der Waals surface area contributed by atoms with Crippen molar-refractivity contribution in [1.82, 2.24) is 98.1 Å². The summed E-state index contributed by atoms with van der Waals surface area (Å²) in [6, 6.07) is 1.38. The number of nitrogens with one attached hydrogen (secondary N) is 12. The minimum absolute atomic E-state index is 0.121. The lowest BCUT2D eigenvalue weighted by molar-refractivity contribution is -0.147. The van der Waals surface area contributed by atoms with Crippen molar-refractivity contribution >= 4 is 99.6 Å². The molecule has 12 atom stereocenters. The number of aromatic hydroxyl groups is 2. The molecule has 0 spiro atoms. The lowest BCUT2D eigenvalue weighted by Crippen LogP contribution is -2.62. The summed E-state index contributed by atoms with van der Waals surface area (Å²) in [5.74, 6) is -14.1. The number of aromatic amines is 1. The molecule has 654 valence electrons. The number of carbonyl (C=O) groups is 15. The molecule has 0 unspecified atom stereocenters. The molecule has 18 N–H and O–H groups in total. The lowest BCUT2D eigenvalue weighted by Gasteiger charge is -2.34. The number of nitrogens with two attached hydrogens (primary N) is 1. The smallest absolute Gasteiger partial charge is 0.247 e. The first-order valence-electron chi connectivity index (χ1n) is 38.9. The summed E-state index contributed by atoms with van der Waals surface area (Å²) < 4.78 is 15.5. The molecule has 6 rings (SSSR count). The average Bonchev–Trinajstić information content (AvgIpc) is 1.70. The normalized spacial score (nSPS) is 14.2. The number of benzene rings is 3. The number of phenolic OH excluding ortho intramolecular Hbond substituents is 2. The van der Waals surface area contributed by atoms with Gasteiger partial charge in [0.2, 0.25) is 88.6 Å². The molecule has 0 aliphatic heterocycles. The predicted molar refractivity (Wildman–Crippen MR) is 436 cm³/mol. The number of fused-ring (bicyclic) bond motifs is 1. The van der Waals surface area contributed by atoms with Crippen LogP contribution in [0.15, 0.2) is 116 Å². The van der Waals surface area contributed by atoms with Crippen LogP contribution in [0.5, 0.6) is 11.5 Å². The fraction of sp³-hybridized carbons (Fsp3) is 0.457. The first kappa shape index (κ1) is 96.6. The van der Waals surface area contributed by atoms with Crippen LogP contribution in [0.1, 0.15) is 103 Å². The molecule has 0 aliphatic carbocycles. The Morgan fingerprint density at radius 2 is 1.11 bits per heavy atom. The molecular weight excluding hydrogens is 1580 g/mol. The van der Waals surface area contributed by atoms with Gasteiger partial charge in [0.1, 0.15) is 95.5 Å². The van der Waals surface area contributed by atoms with E-state index in [1.54, 1.807) is 46.0 Å². The number of aliphatic hydroxyl groups is 2. The number of carbonyl (C=O) groups excluding carboxylic acids is 15. The van der Waals surface area contributed by atoms with Gasteiger partial charge in [0, 0.05) is 84.3 Å². The quantitative estimate of drug-likeness (QED) is 0.0136. The van der Waals surface area contributed by atoms with Gasteiger partial charge < -0.3 is 104 Å². The molecule has 6 aromatic rings. The van der Waals surface area contributed by atoms with E-state index >= 15 is 9.59 Å². The monoisotopic (exact) mass is 1680 g/mol. The first-order chi connectivity index (χ1) is 57.1. The molecule has 15 amide bonds. The van der Waals surface area contributed by atoms with Gasteiger partial charge in [0.15, 0.2) is 0 Å². The average molecular weight is 1690 g/mol. The van der Waals surface area contributed by atoms with Crippen molar-refractivity contribution < 1.29 is 96.7 Å². The minimum Gasteiger partial charge on any atom is -0.508 e. The van der Waals surface area contributed by atoms with Gasteiger partial charge in [-0.3, -0.25) is 71.9 Å². The fourth-order valence-electron chi connectivity index (χ4n) is 12.6. The van der Waals surface area contributed by atoms with Crippen LogP contribution in [-0.4, -0.2) is 269 Å². The van der Waals surface area contributed by atoms with Crippen molar-refractivity contribution in [2.75, 3.05) is 47.4 Å². The predicted octanol–water partition coefficient (Wildman–Crippen LogP) is -2.73. The molecule has 3 aromatic heterocycles. The van der Waals surface area contributed by atoms with Crippen LogP contribution < -0.4 is 64.2 Å². The van der Waals surface area contributed by atoms with Gasteiger partial charge >= 0.3 is 0 Å². The number of aromatic nitrogens is 5. The molecule has 0 saturated carbocycles. The van der Waals surface area contributed by atoms with E-state index in [0.717, 1.165) is 32.9 Å². The molecule has 0 bridgehead atoms. The van der Waals surface area contributed by atoms with E-state index in [-0.39, 0.29) is 56.6 Å². The van der Waals surface area contributed by atoms with Crippen LogP contribution in [0, 0.1) is 11.2 Å². The largest absolute Gasteiger partial charge is 0.508 e. The third-order valence-electron chi connectivity index (χ3n) is 19.6. The van der Waals surface area contributed by atoms with Gasteiger partial charge in [-0.15, -0.1) is 5.10 Å². The molecule has 0 aliphatic rings. The Morgan fingerprint density at radius 3 is 1.68 bits per heavy atom. The molecule has 3 aromatic carbocycles. The molecule has 3 heterocycles. The minimum atomic E-state index is -1.64. The maximum absolute atomic E-state index is 15.2. The van der Waals surface area contributed by atoms with Crippen LogP contribution in [0.3, 0.4) is 0 Å². The number of phenols is 2. The van der Waals surface area contributed by atoms with Gasteiger partial charge in [-0.2, -0.15) is 0 Å². The zero-order valence-corrected chi connectivity index (χ0v) is 69.2. The number of primary amides is 1. The number of amides is 15. The Bertz CT molecular complexity index is 4650. The van der Waals surface area contributed by atoms with E-state index in [1.807, 2.05) is 0 Å². The van der Waals surface area contributed by atoms with Crippen molar-refractivity contribution in [2.24, 2.45) is 11.1 Å². The van der Waals surface area contributed by atoms with Crippen molar-refractivity contribution in [2.45, 2.75) is 186 Å². The summed E-state index contributed by atoms with van der Waals surface area (Å²) in [6.07, 6.45) is 5.78. The maximum atomic E-state index is 15.2. The Labute approximate surface area is 697 Å². The number of likely N-dealkylation sites (N-methyl/N-ethyl adjacent to an activating group) is 3. The zero-order chi connectivity index (χ0) is 89.7. The number of H-pyrrole nitrogens is 1. The number of nitrogens with zero attached hydrogens (tertiary/aromatic N) is 7.